The van der Waals surface area contributed by atoms with Crippen molar-refractivity contribution in [1.82, 2.24) is 4.98 Å². The number of benzene rings is 1. The Hall–Kier alpha value is -1.54. The Morgan fingerprint density at radius 2 is 1.75 bits per heavy atom. The van der Waals surface area contributed by atoms with Gasteiger partial charge in [-0.25, -0.2) is 0 Å². The first-order valence-corrected chi connectivity index (χ1v) is 5.44. The van der Waals surface area contributed by atoms with E-state index in [-0.39, 0.29) is 0 Å². The molecule has 0 aliphatic carbocycles. The van der Waals surface area contributed by atoms with E-state index in [1.54, 1.807) is 6.07 Å². The van der Waals surface area contributed by atoms with Gasteiger partial charge in [0.1, 0.15) is 0 Å². The van der Waals surface area contributed by atoms with Crippen LogP contribution in [0.4, 0.5) is 5.69 Å². The van der Waals surface area contributed by atoms with Crippen LogP contribution in [0.15, 0.2) is 30.6 Å². The summed E-state index contributed by atoms with van der Waals surface area (Å²) in [5, 5.41) is 0.678. The Labute approximate surface area is 100 Å². The molecule has 0 amide bonds. The lowest BCUT2D eigenvalue weighted by atomic mass is 9.98. The molecule has 82 valence electrons. The molecule has 0 aliphatic rings. The highest BCUT2D eigenvalue weighted by Crippen LogP contribution is 2.33. The molecule has 0 saturated carbocycles. The number of nitrogens with two attached hydrogens (primary N) is 1. The highest BCUT2D eigenvalue weighted by molar-refractivity contribution is 6.33. The summed E-state index contributed by atoms with van der Waals surface area (Å²) in [7, 11) is 0. The highest BCUT2D eigenvalue weighted by atomic mass is 35.5. The van der Waals surface area contributed by atoms with Crippen molar-refractivity contribution in [1.29, 1.82) is 0 Å². The number of nitrogens with zero attached hydrogens (tertiary/aromatic N) is 1. The molecule has 0 aliphatic heterocycles. The van der Waals surface area contributed by atoms with Crippen molar-refractivity contribution in [2.45, 2.75) is 13.8 Å². The van der Waals surface area contributed by atoms with E-state index in [4.69, 9.17) is 17.3 Å². The highest BCUT2D eigenvalue weighted by Gasteiger charge is 2.09. The predicted octanol–water partition coefficient (Wildman–Crippen LogP) is 3.60. The Bertz CT molecular complexity index is 515. The molecule has 2 aromatic rings. The number of aryl methyl sites for hydroxylation is 2. The summed E-state index contributed by atoms with van der Waals surface area (Å²) in [6.45, 7) is 4.06. The van der Waals surface area contributed by atoms with Gasteiger partial charge in [-0.15, -0.1) is 0 Å². The summed E-state index contributed by atoms with van der Waals surface area (Å²) in [4.78, 5) is 4.15. The van der Waals surface area contributed by atoms with E-state index in [2.05, 4.69) is 4.98 Å². The van der Waals surface area contributed by atoms with Crippen LogP contribution in [0.25, 0.3) is 11.1 Å². The maximum atomic E-state index is 6.21. The van der Waals surface area contributed by atoms with Gasteiger partial charge in [-0.1, -0.05) is 17.7 Å². The zero-order chi connectivity index (χ0) is 11.7. The number of halogens is 1. The summed E-state index contributed by atoms with van der Waals surface area (Å²) in [5.41, 5.74) is 10.7. The van der Waals surface area contributed by atoms with Crippen LogP contribution in [0.2, 0.25) is 5.02 Å². The fraction of sp³-hybridized carbons (Fsp3) is 0.154. The van der Waals surface area contributed by atoms with E-state index < -0.39 is 0 Å². The molecule has 0 fully saturated rings. The van der Waals surface area contributed by atoms with Crippen molar-refractivity contribution in [3.63, 3.8) is 0 Å². The second-order valence-corrected chi connectivity index (χ2v) is 4.29. The third kappa shape index (κ3) is 1.89. The molecule has 16 heavy (non-hydrogen) atoms. The zero-order valence-electron chi connectivity index (χ0n) is 9.29. The van der Waals surface area contributed by atoms with Crippen LogP contribution in [0.3, 0.4) is 0 Å². The van der Waals surface area contributed by atoms with E-state index in [0.29, 0.717) is 10.7 Å². The van der Waals surface area contributed by atoms with Crippen LogP contribution in [0, 0.1) is 13.8 Å². The van der Waals surface area contributed by atoms with Crippen LogP contribution >= 0.6 is 11.6 Å². The molecular formula is C13H13ClN2. The average Bonchev–Trinajstić information content (AvgIpc) is 2.20. The standard InChI is InChI=1S/C13H13ClN2/c1-8-6-16-7-9(2)13(8)11-4-3-10(15)5-12(11)14/h3-7H,15H2,1-2H3. The van der Waals surface area contributed by atoms with E-state index in [1.807, 2.05) is 38.4 Å². The average molecular weight is 233 g/mol. The topological polar surface area (TPSA) is 38.9 Å². The van der Waals surface area contributed by atoms with Crippen molar-refractivity contribution >= 4 is 17.3 Å². The van der Waals surface area contributed by atoms with Crippen LogP contribution in [0.1, 0.15) is 11.1 Å². The van der Waals surface area contributed by atoms with E-state index in [0.717, 1.165) is 22.3 Å². The Kier molecular flexibility index (Phi) is 2.84. The van der Waals surface area contributed by atoms with Gasteiger partial charge in [-0.05, 0) is 42.7 Å². The molecule has 0 saturated heterocycles. The van der Waals surface area contributed by atoms with Gasteiger partial charge in [0.05, 0.1) is 5.02 Å². The number of nitrogen functional groups attached to an aromatic ring is 1. The minimum atomic E-state index is 0.678. The summed E-state index contributed by atoms with van der Waals surface area (Å²) in [6.07, 6.45) is 3.68. The number of anilines is 1. The molecule has 1 heterocycles. The summed E-state index contributed by atoms with van der Waals surface area (Å²) < 4.78 is 0. The van der Waals surface area contributed by atoms with Crippen LogP contribution in [0.5, 0.6) is 0 Å². The molecule has 2 nitrogen and oxygen atoms in total. The Morgan fingerprint density at radius 1 is 1.12 bits per heavy atom. The van der Waals surface area contributed by atoms with Gasteiger partial charge in [-0.2, -0.15) is 0 Å². The van der Waals surface area contributed by atoms with Gasteiger partial charge in [0.15, 0.2) is 0 Å². The van der Waals surface area contributed by atoms with Crippen LogP contribution < -0.4 is 5.73 Å². The Balaban J connectivity index is 2.68. The molecule has 2 N–H and O–H groups in total. The number of hydrogen-bond acceptors (Lipinski definition) is 2. The minimum Gasteiger partial charge on any atom is -0.399 e. The number of aromatic nitrogens is 1. The molecule has 3 heteroatoms. The normalized spacial score (nSPS) is 10.4. The first kappa shape index (κ1) is 11.0. The third-order valence-corrected chi connectivity index (χ3v) is 2.90. The summed E-state index contributed by atoms with van der Waals surface area (Å²) >= 11 is 6.21. The second-order valence-electron chi connectivity index (χ2n) is 3.89. The van der Waals surface area contributed by atoms with Crippen molar-refractivity contribution in [2.75, 3.05) is 5.73 Å². The third-order valence-electron chi connectivity index (χ3n) is 2.59. The molecule has 0 radical (unpaired) electrons. The van der Waals surface area contributed by atoms with Gasteiger partial charge < -0.3 is 5.73 Å². The first-order chi connectivity index (χ1) is 7.59. The summed E-state index contributed by atoms with van der Waals surface area (Å²) in [5.74, 6) is 0. The number of hydrogen-bond donors (Lipinski definition) is 1. The molecule has 0 atom stereocenters. The molecule has 2 rings (SSSR count). The molecular weight excluding hydrogens is 220 g/mol. The largest absolute Gasteiger partial charge is 0.399 e. The van der Waals surface area contributed by atoms with Gasteiger partial charge in [-0.3, -0.25) is 4.98 Å². The van der Waals surface area contributed by atoms with Gasteiger partial charge in [0, 0.05) is 23.6 Å². The smallest absolute Gasteiger partial charge is 0.0505 e. The van der Waals surface area contributed by atoms with Crippen molar-refractivity contribution in [2.24, 2.45) is 0 Å². The predicted molar refractivity (Wildman–Crippen MR) is 68.6 cm³/mol. The maximum Gasteiger partial charge on any atom is 0.0505 e. The van der Waals surface area contributed by atoms with Gasteiger partial charge in [0.2, 0.25) is 0 Å². The SMILES string of the molecule is Cc1cncc(C)c1-c1ccc(N)cc1Cl. The van der Waals surface area contributed by atoms with Gasteiger partial charge in [0.25, 0.3) is 0 Å². The molecule has 1 aromatic carbocycles. The Morgan fingerprint density at radius 3 is 2.31 bits per heavy atom. The number of rotatable bonds is 1. The van der Waals surface area contributed by atoms with Crippen molar-refractivity contribution in [3.05, 3.63) is 46.7 Å². The zero-order valence-corrected chi connectivity index (χ0v) is 10.0. The molecule has 1 aromatic heterocycles. The molecule has 0 bridgehead atoms. The lowest BCUT2D eigenvalue weighted by Crippen LogP contribution is -1.92. The molecule has 0 spiro atoms. The van der Waals surface area contributed by atoms with Crippen molar-refractivity contribution in [3.8, 4) is 11.1 Å². The monoisotopic (exact) mass is 232 g/mol. The van der Waals surface area contributed by atoms with Crippen molar-refractivity contribution < 1.29 is 0 Å². The van der Waals surface area contributed by atoms with Crippen LogP contribution in [-0.2, 0) is 0 Å². The first-order valence-electron chi connectivity index (χ1n) is 5.06. The lowest BCUT2D eigenvalue weighted by molar-refractivity contribution is 1.22. The van der Waals surface area contributed by atoms with E-state index >= 15 is 0 Å². The molecule has 0 unspecified atom stereocenters. The minimum absolute atomic E-state index is 0.678. The summed E-state index contributed by atoms with van der Waals surface area (Å²) in [6, 6.07) is 5.59. The second kappa shape index (κ2) is 4.14. The quantitative estimate of drug-likeness (QED) is 0.763. The van der Waals surface area contributed by atoms with E-state index in [1.165, 1.54) is 0 Å². The lowest BCUT2D eigenvalue weighted by Gasteiger charge is -2.11. The van der Waals surface area contributed by atoms with Gasteiger partial charge >= 0.3 is 0 Å². The van der Waals surface area contributed by atoms with Crippen LogP contribution in [-0.4, -0.2) is 4.98 Å². The fourth-order valence-corrected chi connectivity index (χ4v) is 2.14. The fourth-order valence-electron chi connectivity index (χ4n) is 1.86. The maximum absolute atomic E-state index is 6.21. The van der Waals surface area contributed by atoms with E-state index in [9.17, 15) is 0 Å². The number of pyridine rings is 1.